The number of nitrogens with zero attached hydrogens (tertiary/aromatic N) is 1. The van der Waals surface area contributed by atoms with Crippen molar-refractivity contribution in [3.63, 3.8) is 0 Å². The molecule has 168 valence electrons. The molecule has 0 radical (unpaired) electrons. The van der Waals surface area contributed by atoms with Gasteiger partial charge in [0.25, 0.3) is 0 Å². The second kappa shape index (κ2) is 6.43. The van der Waals surface area contributed by atoms with Gasteiger partial charge in [0.1, 0.15) is 6.10 Å². The van der Waals surface area contributed by atoms with E-state index >= 15 is 0 Å². The summed E-state index contributed by atoms with van der Waals surface area (Å²) >= 11 is 0. The molecule has 0 N–H and O–H groups in total. The van der Waals surface area contributed by atoms with E-state index in [1.165, 1.54) is 24.2 Å². The number of anilines is 1. The first-order valence-electron chi connectivity index (χ1n) is 12.0. The van der Waals surface area contributed by atoms with Gasteiger partial charge in [-0.3, -0.25) is 18.7 Å². The molecule has 9 rings (SSSR count). The Morgan fingerprint density at radius 2 is 1.56 bits per heavy atom. The van der Waals surface area contributed by atoms with Crippen LogP contribution in [0.3, 0.4) is 0 Å². The molecule has 4 saturated carbocycles. The molecule has 6 fully saturated rings. The Kier molecular flexibility index (Phi) is 3.96. The number of amides is 2. The van der Waals surface area contributed by atoms with Crippen molar-refractivity contribution in [2.24, 2.45) is 29.6 Å². The Morgan fingerprint density at radius 3 is 2.19 bits per heavy atom. The highest BCUT2D eigenvalue weighted by atomic mass is 31.2. The predicted molar refractivity (Wildman–Crippen MR) is 118 cm³/mol. The van der Waals surface area contributed by atoms with Crippen LogP contribution in [0.1, 0.15) is 45.4 Å². The van der Waals surface area contributed by atoms with Crippen LogP contribution in [0.15, 0.2) is 42.0 Å². The van der Waals surface area contributed by atoms with Crippen LogP contribution in [0.2, 0.25) is 0 Å². The maximum Gasteiger partial charge on any atom is 0.339 e. The number of para-hydroxylation sites is 1. The standard InChI is InChI=1S/C25H28NO5P/c1-14-7-19-20-21(24(28)26(23(20)27)18-5-3-2-4-6-18)22(14)30-32(19,29)31-25-11-15-8-16(12-25)10-17(9-15)13-25/h2-7,15-17,19-22H,8-13H2,1H3/t15?,16?,17?,19-,20+,21+,22+,25?,32?/m0/s1. The van der Waals surface area contributed by atoms with E-state index in [0.717, 1.165) is 24.8 Å². The van der Waals surface area contributed by atoms with Crippen molar-refractivity contribution in [1.82, 2.24) is 0 Å². The van der Waals surface area contributed by atoms with Gasteiger partial charge in [0.15, 0.2) is 0 Å². The number of rotatable bonds is 3. The summed E-state index contributed by atoms with van der Waals surface area (Å²) < 4.78 is 27.1. The molecule has 8 aliphatic rings. The van der Waals surface area contributed by atoms with Crippen LogP contribution in [0.25, 0.3) is 0 Å². The van der Waals surface area contributed by atoms with Crippen molar-refractivity contribution in [3.8, 4) is 0 Å². The van der Waals surface area contributed by atoms with E-state index in [1.54, 1.807) is 12.1 Å². The molecule has 1 aromatic rings. The minimum atomic E-state index is -3.59. The summed E-state index contributed by atoms with van der Waals surface area (Å²) in [7, 11) is -3.59. The van der Waals surface area contributed by atoms with Crippen LogP contribution in [-0.2, 0) is 23.2 Å². The molecule has 1 aromatic carbocycles. The van der Waals surface area contributed by atoms with E-state index in [4.69, 9.17) is 9.05 Å². The number of benzene rings is 1. The van der Waals surface area contributed by atoms with Crippen LogP contribution < -0.4 is 4.90 Å². The first kappa shape index (κ1) is 19.7. The Labute approximate surface area is 187 Å². The van der Waals surface area contributed by atoms with Gasteiger partial charge in [-0.2, -0.15) is 0 Å². The van der Waals surface area contributed by atoms with Gasteiger partial charge in [0.05, 0.1) is 28.8 Å². The molecule has 2 amide bonds. The fourth-order valence-corrected chi connectivity index (χ4v) is 10.9. The van der Waals surface area contributed by atoms with Gasteiger partial charge >= 0.3 is 7.60 Å². The maximum absolute atomic E-state index is 14.3. The zero-order chi connectivity index (χ0) is 21.8. The summed E-state index contributed by atoms with van der Waals surface area (Å²) in [5, 5.41) is 0. The zero-order valence-corrected chi connectivity index (χ0v) is 19.1. The molecule has 0 spiro atoms. The molecular formula is C25H28NO5P. The summed E-state index contributed by atoms with van der Waals surface area (Å²) in [5.41, 5.74) is 0.374. The SMILES string of the molecule is CC1=C[C@H]2[C@H]3C(=O)N(c4ccccc4)C(=O)[C@H]3[C@@H]1OP2(=O)OC12CC3CC(CC(C3)C1)C2. The summed E-state index contributed by atoms with van der Waals surface area (Å²) in [6.45, 7) is 1.91. The lowest BCUT2D eigenvalue weighted by Crippen LogP contribution is -2.54. The second-order valence-corrected chi connectivity index (χ2v) is 13.1. The lowest BCUT2D eigenvalue weighted by molar-refractivity contribution is -0.131. The molecule has 5 aliphatic carbocycles. The fourth-order valence-electron chi connectivity index (χ4n) is 8.13. The quantitative estimate of drug-likeness (QED) is 0.377. The average molecular weight is 453 g/mol. The predicted octanol–water partition coefficient (Wildman–Crippen LogP) is 4.70. The summed E-state index contributed by atoms with van der Waals surface area (Å²) in [6.07, 6.45) is 7.90. The molecule has 32 heavy (non-hydrogen) atoms. The van der Waals surface area contributed by atoms with Crippen molar-refractivity contribution < 1.29 is 23.2 Å². The minimum Gasteiger partial charge on any atom is -0.301 e. The van der Waals surface area contributed by atoms with E-state index < -0.39 is 31.2 Å². The molecular weight excluding hydrogens is 425 g/mol. The van der Waals surface area contributed by atoms with Gasteiger partial charge in [0.2, 0.25) is 11.8 Å². The smallest absolute Gasteiger partial charge is 0.301 e. The maximum atomic E-state index is 14.3. The van der Waals surface area contributed by atoms with Crippen molar-refractivity contribution in [1.29, 1.82) is 0 Å². The Morgan fingerprint density at radius 1 is 0.969 bits per heavy atom. The number of fused-ring (bicyclic) bond motifs is 1. The number of hydrogen-bond acceptors (Lipinski definition) is 5. The molecule has 5 atom stereocenters. The molecule has 7 heteroatoms. The minimum absolute atomic E-state index is 0.255. The van der Waals surface area contributed by atoms with Gasteiger partial charge in [-0.1, -0.05) is 24.3 Å². The van der Waals surface area contributed by atoms with Crippen molar-refractivity contribution in [3.05, 3.63) is 42.0 Å². The third-order valence-corrected chi connectivity index (χ3v) is 11.3. The highest BCUT2D eigenvalue weighted by Gasteiger charge is 2.68. The lowest BCUT2D eigenvalue weighted by Gasteiger charge is -2.58. The van der Waals surface area contributed by atoms with E-state index in [0.29, 0.717) is 23.4 Å². The highest BCUT2D eigenvalue weighted by Crippen LogP contribution is 2.72. The van der Waals surface area contributed by atoms with Gasteiger partial charge in [-0.05, 0) is 80.9 Å². The van der Waals surface area contributed by atoms with Gasteiger partial charge in [0, 0.05) is 0 Å². The second-order valence-electron chi connectivity index (χ2n) is 11.1. The average Bonchev–Trinajstić information content (AvgIpc) is 2.99. The first-order chi connectivity index (χ1) is 15.4. The van der Waals surface area contributed by atoms with Crippen LogP contribution in [0.4, 0.5) is 5.69 Å². The summed E-state index contributed by atoms with van der Waals surface area (Å²) in [5.74, 6) is 0.135. The monoisotopic (exact) mass is 453 g/mol. The van der Waals surface area contributed by atoms with Crippen LogP contribution in [0, 0.1) is 29.6 Å². The molecule has 6 bridgehead atoms. The molecule has 2 saturated heterocycles. The van der Waals surface area contributed by atoms with Crippen molar-refractivity contribution in [2.75, 3.05) is 4.90 Å². The van der Waals surface area contributed by atoms with Crippen molar-refractivity contribution >= 4 is 25.1 Å². The van der Waals surface area contributed by atoms with Gasteiger partial charge in [-0.15, -0.1) is 0 Å². The number of imide groups is 1. The van der Waals surface area contributed by atoms with E-state index in [9.17, 15) is 14.2 Å². The van der Waals surface area contributed by atoms with E-state index in [2.05, 4.69) is 0 Å². The molecule has 0 aromatic heterocycles. The fraction of sp³-hybridized carbons (Fsp3) is 0.600. The van der Waals surface area contributed by atoms with Gasteiger partial charge in [-0.25, -0.2) is 4.90 Å². The largest absolute Gasteiger partial charge is 0.339 e. The number of hydrogen-bond donors (Lipinski definition) is 0. The zero-order valence-electron chi connectivity index (χ0n) is 18.2. The van der Waals surface area contributed by atoms with Crippen LogP contribution in [0.5, 0.6) is 0 Å². The summed E-state index contributed by atoms with van der Waals surface area (Å²) in [6, 6.07) is 9.01. The Bertz CT molecular complexity index is 1060. The van der Waals surface area contributed by atoms with Crippen LogP contribution >= 0.6 is 7.60 Å². The Balaban J connectivity index is 1.25. The van der Waals surface area contributed by atoms with E-state index in [1.807, 2.05) is 31.2 Å². The number of allylic oxidation sites excluding steroid dienone is 1. The molecule has 1 unspecified atom stereocenters. The number of carbonyl (C=O) groups excluding carboxylic acids is 2. The Hall–Kier alpha value is -1.75. The van der Waals surface area contributed by atoms with E-state index in [-0.39, 0.29) is 17.4 Å². The molecule has 3 heterocycles. The van der Waals surface area contributed by atoms with Crippen LogP contribution in [-0.4, -0.2) is 29.2 Å². The highest BCUT2D eigenvalue weighted by molar-refractivity contribution is 7.55. The third-order valence-electron chi connectivity index (χ3n) is 8.92. The van der Waals surface area contributed by atoms with Crippen molar-refractivity contribution in [2.45, 2.75) is 62.8 Å². The lowest BCUT2D eigenvalue weighted by atomic mass is 9.54. The third kappa shape index (κ3) is 2.58. The topological polar surface area (TPSA) is 72.9 Å². The first-order valence-corrected chi connectivity index (χ1v) is 13.6. The molecule has 6 nitrogen and oxygen atoms in total. The van der Waals surface area contributed by atoms with Gasteiger partial charge < -0.3 is 4.52 Å². The summed E-state index contributed by atoms with van der Waals surface area (Å²) in [4.78, 5) is 28.2. The molecule has 3 aliphatic heterocycles. The number of carbonyl (C=O) groups is 2. The normalized spacial score (nSPS) is 48.3.